The molecular weight excluding hydrogens is 322 g/mol. The van der Waals surface area contributed by atoms with Gasteiger partial charge in [0.1, 0.15) is 10.0 Å². The van der Waals surface area contributed by atoms with Crippen LogP contribution in [0.15, 0.2) is 36.7 Å². The number of rotatable bonds is 3. The van der Waals surface area contributed by atoms with E-state index in [9.17, 15) is 4.79 Å². The fourth-order valence-corrected chi connectivity index (χ4v) is 3.80. The number of carbonyl (C=O) groups excluding carboxylic acids is 1. The maximum atomic E-state index is 12.7. The van der Waals surface area contributed by atoms with Crippen LogP contribution in [0, 0.1) is 6.92 Å². The molecule has 0 bridgehead atoms. The smallest absolute Gasteiger partial charge is 0.241 e. The molecule has 1 aliphatic rings. The summed E-state index contributed by atoms with van der Waals surface area (Å²) >= 11 is 1.59. The van der Waals surface area contributed by atoms with Crippen LogP contribution in [0.1, 0.15) is 10.0 Å². The van der Waals surface area contributed by atoms with Crippen LogP contribution in [-0.4, -0.2) is 45.6 Å². The van der Waals surface area contributed by atoms with E-state index in [0.29, 0.717) is 19.6 Å². The molecular formula is C17H17N5OS. The number of hydrogen-bond acceptors (Lipinski definition) is 6. The largest absolute Gasteiger partial charge is 0.309 e. The first-order valence-electron chi connectivity index (χ1n) is 7.85. The molecule has 2 aromatic heterocycles. The molecule has 0 spiro atoms. The predicted octanol–water partition coefficient (Wildman–Crippen LogP) is 2.24. The lowest BCUT2D eigenvalue weighted by Crippen LogP contribution is -2.50. The highest BCUT2D eigenvalue weighted by Gasteiger charge is 2.26. The lowest BCUT2D eigenvalue weighted by Gasteiger charge is -2.34. The number of benzene rings is 1. The van der Waals surface area contributed by atoms with Crippen molar-refractivity contribution in [2.75, 3.05) is 24.5 Å². The van der Waals surface area contributed by atoms with Gasteiger partial charge in [0.05, 0.1) is 18.8 Å². The van der Waals surface area contributed by atoms with Gasteiger partial charge >= 0.3 is 0 Å². The van der Waals surface area contributed by atoms with Crippen molar-refractivity contribution < 1.29 is 4.79 Å². The molecule has 0 aliphatic carbocycles. The van der Waals surface area contributed by atoms with E-state index in [2.05, 4.69) is 20.1 Å². The molecule has 6 nitrogen and oxygen atoms in total. The van der Waals surface area contributed by atoms with Crippen molar-refractivity contribution in [2.24, 2.45) is 0 Å². The third kappa shape index (κ3) is 2.88. The fourth-order valence-electron chi connectivity index (χ4n) is 3.05. The average molecular weight is 339 g/mol. The van der Waals surface area contributed by atoms with Gasteiger partial charge in [-0.1, -0.05) is 12.1 Å². The third-order valence-electron chi connectivity index (χ3n) is 4.18. The number of aromatic nitrogens is 3. The maximum Gasteiger partial charge on any atom is 0.241 e. The van der Waals surface area contributed by atoms with Gasteiger partial charge in [-0.05, 0) is 19.1 Å². The van der Waals surface area contributed by atoms with Crippen molar-refractivity contribution >= 4 is 33.7 Å². The average Bonchev–Trinajstić information content (AvgIpc) is 3.00. The summed E-state index contributed by atoms with van der Waals surface area (Å²) in [5, 5.41) is 12.2. The molecule has 3 aromatic rings. The highest BCUT2D eigenvalue weighted by Crippen LogP contribution is 2.27. The van der Waals surface area contributed by atoms with E-state index in [1.807, 2.05) is 42.3 Å². The molecule has 1 aliphatic heterocycles. The molecule has 0 unspecified atom stereocenters. The van der Waals surface area contributed by atoms with Crippen LogP contribution in [-0.2, 0) is 11.3 Å². The van der Waals surface area contributed by atoms with E-state index in [1.165, 1.54) is 0 Å². The normalized spacial score (nSPS) is 16.0. The van der Waals surface area contributed by atoms with Crippen molar-refractivity contribution in [3.63, 3.8) is 0 Å². The molecule has 1 fully saturated rings. The van der Waals surface area contributed by atoms with Gasteiger partial charge in [0.25, 0.3) is 0 Å². The molecule has 0 atom stereocenters. The minimum atomic E-state index is 0.117. The van der Waals surface area contributed by atoms with Crippen LogP contribution in [0.25, 0.3) is 10.8 Å². The summed E-state index contributed by atoms with van der Waals surface area (Å²) in [7, 11) is 0. The van der Waals surface area contributed by atoms with Gasteiger partial charge in [0.15, 0.2) is 0 Å². The predicted molar refractivity (Wildman–Crippen MR) is 94.0 cm³/mol. The number of piperazine rings is 1. The molecule has 0 radical (unpaired) electrons. The molecule has 7 heteroatoms. The number of fused-ring (bicyclic) bond motifs is 1. The summed E-state index contributed by atoms with van der Waals surface area (Å²) in [6.07, 6.45) is 3.60. The number of nitrogens with zero attached hydrogens (tertiary/aromatic N) is 5. The molecule has 1 aromatic carbocycles. The second-order valence-electron chi connectivity index (χ2n) is 5.84. The number of pyridine rings is 1. The summed E-state index contributed by atoms with van der Waals surface area (Å²) in [5.74, 6) is 0.117. The van der Waals surface area contributed by atoms with Gasteiger partial charge in [-0.25, -0.2) is 0 Å². The lowest BCUT2D eigenvalue weighted by molar-refractivity contribution is -0.121. The van der Waals surface area contributed by atoms with Crippen LogP contribution in [0.4, 0.5) is 5.69 Å². The van der Waals surface area contributed by atoms with E-state index < -0.39 is 0 Å². The fraction of sp³-hybridized carbons (Fsp3) is 0.294. The Labute approximate surface area is 143 Å². The third-order valence-corrected chi connectivity index (χ3v) is 5.00. The Balaban J connectivity index is 1.53. The van der Waals surface area contributed by atoms with Gasteiger partial charge in [-0.3, -0.25) is 14.7 Å². The number of anilines is 1. The summed E-state index contributed by atoms with van der Waals surface area (Å²) in [6.45, 7) is 4.54. The van der Waals surface area contributed by atoms with Crippen LogP contribution >= 0.6 is 11.3 Å². The zero-order valence-electron chi connectivity index (χ0n) is 13.3. The SMILES string of the molecule is Cc1nnc(CN2CCN(c3cccc4cnccc34)C(=O)C2)s1. The molecule has 4 rings (SSSR count). The quantitative estimate of drug-likeness (QED) is 0.732. The Morgan fingerprint density at radius 3 is 2.92 bits per heavy atom. The summed E-state index contributed by atoms with van der Waals surface area (Å²) in [5.41, 5.74) is 0.964. The number of aryl methyl sites for hydroxylation is 1. The molecule has 3 heterocycles. The first kappa shape index (κ1) is 15.2. The number of carbonyl (C=O) groups is 1. The van der Waals surface area contributed by atoms with Crippen LogP contribution in [0.2, 0.25) is 0 Å². The van der Waals surface area contributed by atoms with E-state index in [-0.39, 0.29) is 5.91 Å². The van der Waals surface area contributed by atoms with Gasteiger partial charge in [-0.15, -0.1) is 21.5 Å². The second kappa shape index (κ2) is 6.26. The number of hydrogen-bond donors (Lipinski definition) is 0. The Morgan fingerprint density at radius 2 is 2.12 bits per heavy atom. The Kier molecular flexibility index (Phi) is 3.95. The van der Waals surface area contributed by atoms with E-state index in [4.69, 9.17) is 0 Å². The molecule has 24 heavy (non-hydrogen) atoms. The molecule has 122 valence electrons. The second-order valence-corrected chi connectivity index (χ2v) is 7.11. The van der Waals surface area contributed by atoms with Gasteiger partial charge in [-0.2, -0.15) is 0 Å². The van der Waals surface area contributed by atoms with Crippen molar-refractivity contribution in [3.05, 3.63) is 46.7 Å². The lowest BCUT2D eigenvalue weighted by atomic mass is 10.1. The zero-order chi connectivity index (χ0) is 16.5. The first-order valence-corrected chi connectivity index (χ1v) is 8.67. The Morgan fingerprint density at radius 1 is 1.21 bits per heavy atom. The van der Waals surface area contributed by atoms with Crippen LogP contribution in [0.3, 0.4) is 0 Å². The summed E-state index contributed by atoms with van der Waals surface area (Å²) in [6, 6.07) is 7.96. The standard InChI is InChI=1S/C17H17N5OS/c1-12-19-20-16(24-12)10-21-7-8-22(17(23)11-21)15-4-2-3-13-9-18-6-5-14(13)15/h2-6,9H,7-8,10-11H2,1H3. The van der Waals surface area contributed by atoms with Gasteiger partial charge in [0.2, 0.25) is 5.91 Å². The van der Waals surface area contributed by atoms with Crippen molar-refractivity contribution in [1.82, 2.24) is 20.1 Å². The Bertz CT molecular complexity index is 888. The zero-order valence-corrected chi connectivity index (χ0v) is 14.2. The molecule has 0 N–H and O–H groups in total. The molecule has 0 saturated carbocycles. The minimum Gasteiger partial charge on any atom is -0.309 e. The summed E-state index contributed by atoms with van der Waals surface area (Å²) < 4.78 is 0. The van der Waals surface area contributed by atoms with E-state index >= 15 is 0 Å². The van der Waals surface area contributed by atoms with Crippen LogP contribution < -0.4 is 4.90 Å². The summed E-state index contributed by atoms with van der Waals surface area (Å²) in [4.78, 5) is 20.8. The van der Waals surface area contributed by atoms with E-state index in [1.54, 1.807) is 17.5 Å². The van der Waals surface area contributed by atoms with Crippen LogP contribution in [0.5, 0.6) is 0 Å². The molecule has 1 saturated heterocycles. The van der Waals surface area contributed by atoms with Gasteiger partial charge in [0, 0.05) is 36.3 Å². The maximum absolute atomic E-state index is 12.7. The molecule has 1 amide bonds. The van der Waals surface area contributed by atoms with E-state index in [0.717, 1.165) is 33.0 Å². The van der Waals surface area contributed by atoms with Gasteiger partial charge < -0.3 is 4.90 Å². The highest BCUT2D eigenvalue weighted by atomic mass is 32.1. The highest BCUT2D eigenvalue weighted by molar-refractivity contribution is 7.11. The monoisotopic (exact) mass is 339 g/mol. The first-order chi connectivity index (χ1) is 11.7. The van der Waals surface area contributed by atoms with Crippen molar-refractivity contribution in [3.8, 4) is 0 Å². The van der Waals surface area contributed by atoms with Crippen molar-refractivity contribution in [1.29, 1.82) is 0 Å². The Hall–Kier alpha value is -2.38. The topological polar surface area (TPSA) is 62.2 Å². The number of amides is 1. The van der Waals surface area contributed by atoms with Crippen molar-refractivity contribution in [2.45, 2.75) is 13.5 Å². The minimum absolute atomic E-state index is 0.117.